The van der Waals surface area contributed by atoms with Crippen molar-refractivity contribution in [2.24, 2.45) is 0 Å². The van der Waals surface area contributed by atoms with E-state index in [2.05, 4.69) is 0 Å². The second kappa shape index (κ2) is 1.86. The Balaban J connectivity index is 3.19. The Hall–Kier alpha value is -0.370. The van der Waals surface area contributed by atoms with E-state index in [1.165, 1.54) is 11.3 Å². The van der Waals surface area contributed by atoms with E-state index < -0.39 is 0 Å². The van der Waals surface area contributed by atoms with Crippen molar-refractivity contribution in [1.29, 1.82) is 0 Å². The highest BCUT2D eigenvalue weighted by atomic mass is 32.1. The fraction of sp³-hybridized carbons (Fsp3) is 0.333. The molecule has 1 aromatic rings. The van der Waals surface area contributed by atoms with Gasteiger partial charge in [0.1, 0.15) is 5.82 Å². The molecule has 0 saturated heterocycles. The minimum Gasteiger partial charge on any atom is -0.205 e. The minimum atomic E-state index is -0.0463. The van der Waals surface area contributed by atoms with Crippen LogP contribution in [0.4, 0.5) is 4.39 Å². The van der Waals surface area contributed by atoms with Crippen molar-refractivity contribution in [2.75, 3.05) is 0 Å². The molecule has 0 aliphatic rings. The van der Waals surface area contributed by atoms with Crippen molar-refractivity contribution >= 4 is 11.3 Å². The topological polar surface area (TPSA) is 0 Å². The van der Waals surface area contributed by atoms with Crippen LogP contribution in [-0.2, 0) is 0 Å². The summed E-state index contributed by atoms with van der Waals surface area (Å²) in [5.74, 6) is -0.0463. The van der Waals surface area contributed by atoms with Crippen LogP contribution < -0.4 is 0 Å². The first-order valence-corrected chi connectivity index (χ1v) is 3.30. The molecule has 0 spiro atoms. The van der Waals surface area contributed by atoms with Gasteiger partial charge in [-0.15, -0.1) is 11.3 Å². The molecule has 0 unspecified atom stereocenters. The molecule has 0 aromatic carbocycles. The van der Waals surface area contributed by atoms with Crippen molar-refractivity contribution in [3.63, 3.8) is 0 Å². The summed E-state index contributed by atoms with van der Waals surface area (Å²) in [5, 5.41) is 1.82. The number of thiophene rings is 1. The molecule has 0 amide bonds. The lowest BCUT2D eigenvalue weighted by Gasteiger charge is -1.81. The van der Waals surface area contributed by atoms with Crippen LogP contribution in [0.5, 0.6) is 0 Å². The highest BCUT2D eigenvalue weighted by Gasteiger charge is 2.00. The predicted octanol–water partition coefficient (Wildman–Crippen LogP) is 2.50. The third-order valence-corrected chi connectivity index (χ3v) is 2.07. The van der Waals surface area contributed by atoms with E-state index in [1.807, 2.05) is 5.38 Å². The molecule has 44 valence electrons. The lowest BCUT2D eigenvalue weighted by Crippen LogP contribution is -1.72. The molecular formula is C6H7FS. The van der Waals surface area contributed by atoms with Gasteiger partial charge in [0.15, 0.2) is 0 Å². The quantitative estimate of drug-likeness (QED) is 0.506. The maximum absolute atomic E-state index is 12.5. The Labute approximate surface area is 52.0 Å². The van der Waals surface area contributed by atoms with E-state index >= 15 is 0 Å². The number of rotatable bonds is 0. The molecule has 0 atom stereocenters. The molecule has 0 nitrogen and oxygen atoms in total. The summed E-state index contributed by atoms with van der Waals surface area (Å²) in [7, 11) is 0. The van der Waals surface area contributed by atoms with Crippen molar-refractivity contribution in [3.05, 3.63) is 21.6 Å². The van der Waals surface area contributed by atoms with Crippen LogP contribution in [0.25, 0.3) is 0 Å². The fourth-order valence-electron chi connectivity index (χ4n) is 0.558. The molecule has 0 aliphatic heterocycles. The first-order chi connectivity index (χ1) is 3.72. The molecule has 2 heteroatoms. The Morgan fingerprint density at radius 1 is 1.50 bits per heavy atom. The van der Waals surface area contributed by atoms with Gasteiger partial charge in [-0.3, -0.25) is 0 Å². The molecule has 1 rings (SSSR count). The zero-order valence-electron chi connectivity index (χ0n) is 4.86. The van der Waals surface area contributed by atoms with Crippen molar-refractivity contribution < 1.29 is 4.39 Å². The van der Waals surface area contributed by atoms with Crippen molar-refractivity contribution in [1.82, 2.24) is 0 Å². The molecule has 0 bridgehead atoms. The lowest BCUT2D eigenvalue weighted by molar-refractivity contribution is 0.617. The summed E-state index contributed by atoms with van der Waals surface area (Å²) in [6.45, 7) is 3.56. The van der Waals surface area contributed by atoms with Crippen molar-refractivity contribution in [3.8, 4) is 0 Å². The van der Waals surface area contributed by atoms with Gasteiger partial charge in [0, 0.05) is 4.88 Å². The van der Waals surface area contributed by atoms with Crippen molar-refractivity contribution in [2.45, 2.75) is 13.8 Å². The second-order valence-corrected chi connectivity index (χ2v) is 2.87. The third-order valence-electron chi connectivity index (χ3n) is 1.07. The van der Waals surface area contributed by atoms with Gasteiger partial charge in [0.05, 0.1) is 0 Å². The van der Waals surface area contributed by atoms with E-state index in [1.54, 1.807) is 13.8 Å². The summed E-state index contributed by atoms with van der Waals surface area (Å²) < 4.78 is 12.5. The molecule has 0 N–H and O–H groups in total. The highest BCUT2D eigenvalue weighted by Crippen LogP contribution is 2.17. The van der Waals surface area contributed by atoms with E-state index in [4.69, 9.17) is 0 Å². The van der Waals surface area contributed by atoms with Crippen LogP contribution in [0.2, 0.25) is 0 Å². The summed E-state index contributed by atoms with van der Waals surface area (Å²) in [4.78, 5) is 0.780. The number of hydrogen-bond donors (Lipinski definition) is 0. The summed E-state index contributed by atoms with van der Waals surface area (Å²) >= 11 is 1.46. The smallest absolute Gasteiger partial charge is 0.139 e. The molecular weight excluding hydrogens is 123 g/mol. The van der Waals surface area contributed by atoms with Gasteiger partial charge >= 0.3 is 0 Å². The monoisotopic (exact) mass is 130 g/mol. The maximum Gasteiger partial charge on any atom is 0.139 e. The number of aryl methyl sites for hydroxylation is 2. The Morgan fingerprint density at radius 2 is 2.12 bits per heavy atom. The SMILES string of the molecule is Cc1csc(C)c1F. The summed E-state index contributed by atoms with van der Waals surface area (Å²) in [6, 6.07) is 0. The molecule has 8 heavy (non-hydrogen) atoms. The van der Waals surface area contributed by atoms with Gasteiger partial charge in [-0.05, 0) is 24.8 Å². The molecule has 1 aromatic heterocycles. The van der Waals surface area contributed by atoms with Crippen LogP contribution in [0, 0.1) is 19.7 Å². The van der Waals surface area contributed by atoms with Gasteiger partial charge in [0.25, 0.3) is 0 Å². The van der Waals surface area contributed by atoms with E-state index in [-0.39, 0.29) is 5.82 Å². The molecule has 0 saturated carbocycles. The fourth-order valence-corrected chi connectivity index (χ4v) is 1.28. The maximum atomic E-state index is 12.5. The largest absolute Gasteiger partial charge is 0.205 e. The zero-order chi connectivity index (χ0) is 6.15. The first kappa shape index (κ1) is 5.76. The second-order valence-electron chi connectivity index (χ2n) is 1.79. The predicted molar refractivity (Wildman–Crippen MR) is 33.8 cm³/mol. The van der Waals surface area contributed by atoms with Gasteiger partial charge in [0.2, 0.25) is 0 Å². The average Bonchev–Trinajstić information content (AvgIpc) is 1.98. The lowest BCUT2D eigenvalue weighted by atomic mass is 10.3. The standard InChI is InChI=1S/C6H7FS/c1-4-3-8-5(2)6(4)7/h3H,1-2H3. The summed E-state index contributed by atoms with van der Waals surface area (Å²) in [5.41, 5.74) is 0.757. The van der Waals surface area contributed by atoms with Crippen LogP contribution in [0.1, 0.15) is 10.4 Å². The van der Waals surface area contributed by atoms with Gasteiger partial charge in [-0.1, -0.05) is 0 Å². The average molecular weight is 130 g/mol. The van der Waals surface area contributed by atoms with Crippen LogP contribution in [-0.4, -0.2) is 0 Å². The third kappa shape index (κ3) is 0.757. The number of halogens is 1. The normalized spacial score (nSPS) is 9.88. The Bertz CT molecular complexity index is 171. The van der Waals surface area contributed by atoms with Gasteiger partial charge < -0.3 is 0 Å². The summed E-state index contributed by atoms with van der Waals surface area (Å²) in [6.07, 6.45) is 0. The zero-order valence-corrected chi connectivity index (χ0v) is 5.68. The Morgan fingerprint density at radius 3 is 2.25 bits per heavy atom. The highest BCUT2D eigenvalue weighted by molar-refractivity contribution is 7.10. The Kier molecular flexibility index (Phi) is 1.34. The molecule has 0 aliphatic carbocycles. The van der Waals surface area contributed by atoms with E-state index in [9.17, 15) is 4.39 Å². The minimum absolute atomic E-state index is 0.0463. The molecule has 0 fully saturated rings. The van der Waals surface area contributed by atoms with Crippen LogP contribution in [0.15, 0.2) is 5.38 Å². The first-order valence-electron chi connectivity index (χ1n) is 2.42. The molecule has 1 heterocycles. The number of hydrogen-bond acceptors (Lipinski definition) is 1. The van der Waals surface area contributed by atoms with Crippen LogP contribution >= 0.6 is 11.3 Å². The van der Waals surface area contributed by atoms with E-state index in [0.717, 1.165) is 10.4 Å². The van der Waals surface area contributed by atoms with Crippen LogP contribution in [0.3, 0.4) is 0 Å². The van der Waals surface area contributed by atoms with E-state index in [0.29, 0.717) is 0 Å². The molecule has 0 radical (unpaired) electrons. The van der Waals surface area contributed by atoms with Gasteiger partial charge in [-0.2, -0.15) is 0 Å². The van der Waals surface area contributed by atoms with Gasteiger partial charge in [-0.25, -0.2) is 4.39 Å².